The molecule has 0 spiro atoms. The molecule has 0 unspecified atom stereocenters. The van der Waals surface area contributed by atoms with Gasteiger partial charge in [-0.05, 0) is 22.4 Å². The number of thiophene rings is 1. The van der Waals surface area contributed by atoms with Crippen molar-refractivity contribution in [3.63, 3.8) is 0 Å². The van der Waals surface area contributed by atoms with Gasteiger partial charge in [-0.25, -0.2) is 0 Å². The van der Waals surface area contributed by atoms with Crippen molar-refractivity contribution in [3.05, 3.63) is 22.4 Å². The zero-order valence-corrected chi connectivity index (χ0v) is 10.5. The van der Waals surface area contributed by atoms with E-state index in [4.69, 9.17) is 9.47 Å². The van der Waals surface area contributed by atoms with E-state index in [9.17, 15) is 4.79 Å². The lowest BCUT2D eigenvalue weighted by molar-refractivity contribution is -0.135. The molecule has 0 atom stereocenters. The summed E-state index contributed by atoms with van der Waals surface area (Å²) >= 11 is 1.63. The van der Waals surface area contributed by atoms with Crippen molar-refractivity contribution >= 4 is 17.2 Å². The Hall–Kier alpha value is -0.910. The minimum Gasteiger partial charge on any atom is -0.382 e. The van der Waals surface area contributed by atoms with E-state index in [1.54, 1.807) is 30.4 Å². The number of likely N-dealkylation sites (N-methyl/N-ethyl adjacent to an activating group) is 1. The molecule has 0 bridgehead atoms. The van der Waals surface area contributed by atoms with Crippen LogP contribution in [0.1, 0.15) is 5.56 Å². The summed E-state index contributed by atoms with van der Waals surface area (Å²) in [6.07, 6.45) is 0. The smallest absolute Gasteiger partial charge is 0.248 e. The lowest BCUT2D eigenvalue weighted by Gasteiger charge is -2.16. The molecule has 5 heteroatoms. The summed E-state index contributed by atoms with van der Waals surface area (Å²) in [4.78, 5) is 13.3. The van der Waals surface area contributed by atoms with E-state index in [0.29, 0.717) is 19.8 Å². The molecule has 0 radical (unpaired) electrons. The van der Waals surface area contributed by atoms with Crippen molar-refractivity contribution in [3.8, 4) is 0 Å². The van der Waals surface area contributed by atoms with Crippen LogP contribution in [0, 0.1) is 0 Å². The van der Waals surface area contributed by atoms with Gasteiger partial charge in [-0.1, -0.05) is 0 Å². The number of hydrogen-bond acceptors (Lipinski definition) is 4. The first-order valence-corrected chi connectivity index (χ1v) is 6.00. The highest BCUT2D eigenvalue weighted by Crippen LogP contribution is 2.08. The average molecular weight is 243 g/mol. The molecule has 16 heavy (non-hydrogen) atoms. The van der Waals surface area contributed by atoms with Crippen LogP contribution in [0.15, 0.2) is 16.8 Å². The molecule has 0 aliphatic heterocycles. The molecule has 0 saturated carbocycles. The van der Waals surface area contributed by atoms with Crippen molar-refractivity contribution in [2.24, 2.45) is 0 Å². The Bertz CT molecular complexity index is 300. The van der Waals surface area contributed by atoms with Gasteiger partial charge in [-0.3, -0.25) is 4.79 Å². The Labute approximate surface area is 99.8 Å². The predicted molar refractivity (Wildman–Crippen MR) is 63.5 cm³/mol. The summed E-state index contributed by atoms with van der Waals surface area (Å²) < 4.78 is 9.98. The molecule has 0 fully saturated rings. The maximum Gasteiger partial charge on any atom is 0.248 e. The van der Waals surface area contributed by atoms with Crippen LogP contribution in [-0.2, 0) is 20.8 Å². The lowest BCUT2D eigenvalue weighted by Crippen LogP contribution is -2.30. The van der Waals surface area contributed by atoms with E-state index < -0.39 is 0 Å². The van der Waals surface area contributed by atoms with E-state index in [0.717, 1.165) is 5.56 Å². The van der Waals surface area contributed by atoms with E-state index in [-0.39, 0.29) is 12.5 Å². The van der Waals surface area contributed by atoms with Crippen molar-refractivity contribution in [1.82, 2.24) is 4.90 Å². The van der Waals surface area contributed by atoms with Crippen molar-refractivity contribution in [2.75, 3.05) is 34.0 Å². The molecule has 1 amide bonds. The highest BCUT2D eigenvalue weighted by molar-refractivity contribution is 7.07. The van der Waals surface area contributed by atoms with Gasteiger partial charge in [0.05, 0.1) is 13.2 Å². The first kappa shape index (κ1) is 13.2. The Morgan fingerprint density at radius 2 is 2.31 bits per heavy atom. The maximum absolute atomic E-state index is 11.6. The largest absolute Gasteiger partial charge is 0.382 e. The third-order valence-corrected chi connectivity index (χ3v) is 2.81. The van der Waals surface area contributed by atoms with Gasteiger partial charge in [0.1, 0.15) is 6.61 Å². The monoisotopic (exact) mass is 243 g/mol. The van der Waals surface area contributed by atoms with Gasteiger partial charge in [0.25, 0.3) is 0 Å². The standard InChI is InChI=1S/C11H17NO3S/c1-12(7-10-3-6-16-9-10)11(13)8-15-5-4-14-2/h3,6,9H,4-5,7-8H2,1-2H3. The molecule has 1 heterocycles. The molecule has 4 nitrogen and oxygen atoms in total. The fourth-order valence-electron chi connectivity index (χ4n) is 1.16. The second kappa shape index (κ2) is 7.38. The highest BCUT2D eigenvalue weighted by Gasteiger charge is 2.09. The van der Waals surface area contributed by atoms with Gasteiger partial charge in [-0.2, -0.15) is 11.3 Å². The van der Waals surface area contributed by atoms with Gasteiger partial charge < -0.3 is 14.4 Å². The number of nitrogens with zero attached hydrogens (tertiary/aromatic N) is 1. The second-order valence-corrected chi connectivity index (χ2v) is 4.21. The first-order chi connectivity index (χ1) is 7.74. The third kappa shape index (κ3) is 4.74. The van der Waals surface area contributed by atoms with E-state index in [1.165, 1.54) is 0 Å². The quantitative estimate of drug-likeness (QED) is 0.679. The number of amides is 1. The summed E-state index contributed by atoms with van der Waals surface area (Å²) in [6, 6.07) is 2.01. The first-order valence-electron chi connectivity index (χ1n) is 5.05. The van der Waals surface area contributed by atoms with E-state index in [1.807, 2.05) is 16.8 Å². The molecular weight excluding hydrogens is 226 g/mol. The van der Waals surface area contributed by atoms with Crippen molar-refractivity contribution in [2.45, 2.75) is 6.54 Å². The number of hydrogen-bond donors (Lipinski definition) is 0. The Morgan fingerprint density at radius 1 is 1.50 bits per heavy atom. The van der Waals surface area contributed by atoms with Crippen LogP contribution < -0.4 is 0 Å². The van der Waals surface area contributed by atoms with Crippen LogP contribution in [0.4, 0.5) is 0 Å². The fraction of sp³-hybridized carbons (Fsp3) is 0.545. The topological polar surface area (TPSA) is 38.8 Å². The van der Waals surface area contributed by atoms with E-state index in [2.05, 4.69) is 0 Å². The lowest BCUT2D eigenvalue weighted by atomic mass is 10.3. The second-order valence-electron chi connectivity index (χ2n) is 3.43. The average Bonchev–Trinajstić information content (AvgIpc) is 2.76. The summed E-state index contributed by atoms with van der Waals surface area (Å²) in [5.41, 5.74) is 1.15. The predicted octanol–water partition coefficient (Wildman–Crippen LogP) is 1.37. The summed E-state index contributed by atoms with van der Waals surface area (Å²) in [5, 5.41) is 4.04. The van der Waals surface area contributed by atoms with Gasteiger partial charge >= 0.3 is 0 Å². The normalized spacial score (nSPS) is 10.4. The van der Waals surface area contributed by atoms with Crippen molar-refractivity contribution in [1.29, 1.82) is 0 Å². The zero-order chi connectivity index (χ0) is 11.8. The summed E-state index contributed by atoms with van der Waals surface area (Å²) in [5.74, 6) is -0.0118. The molecule has 90 valence electrons. The van der Waals surface area contributed by atoms with Crippen LogP contribution in [0.25, 0.3) is 0 Å². The number of methoxy groups -OCH3 is 1. The molecule has 0 aliphatic carbocycles. The van der Waals surface area contributed by atoms with Gasteiger partial charge in [-0.15, -0.1) is 0 Å². The summed E-state index contributed by atoms with van der Waals surface area (Å²) in [7, 11) is 3.38. The fourth-order valence-corrected chi connectivity index (χ4v) is 1.82. The molecule has 1 aromatic rings. The van der Waals surface area contributed by atoms with Gasteiger partial charge in [0.15, 0.2) is 0 Å². The number of rotatable bonds is 7. The Kier molecular flexibility index (Phi) is 6.07. The van der Waals surface area contributed by atoms with Gasteiger partial charge in [0.2, 0.25) is 5.91 Å². The zero-order valence-electron chi connectivity index (χ0n) is 9.64. The van der Waals surface area contributed by atoms with Crippen LogP contribution in [0.3, 0.4) is 0 Å². The van der Waals surface area contributed by atoms with Crippen LogP contribution >= 0.6 is 11.3 Å². The summed E-state index contributed by atoms with van der Waals surface area (Å²) in [6.45, 7) is 1.72. The maximum atomic E-state index is 11.6. The minimum absolute atomic E-state index is 0.0118. The number of carbonyl (C=O) groups is 1. The van der Waals surface area contributed by atoms with Crippen LogP contribution in [0.5, 0.6) is 0 Å². The molecule has 1 aromatic heterocycles. The number of carbonyl (C=O) groups excluding carboxylic acids is 1. The molecule has 1 rings (SSSR count). The minimum atomic E-state index is -0.0118. The Balaban J connectivity index is 2.20. The van der Waals surface area contributed by atoms with Crippen molar-refractivity contribution < 1.29 is 14.3 Å². The molecule has 0 saturated heterocycles. The van der Waals surface area contributed by atoms with Crippen LogP contribution in [-0.4, -0.2) is 44.8 Å². The Morgan fingerprint density at radius 3 is 2.94 bits per heavy atom. The molecule has 0 aliphatic rings. The van der Waals surface area contributed by atoms with E-state index >= 15 is 0 Å². The third-order valence-electron chi connectivity index (χ3n) is 2.08. The van der Waals surface area contributed by atoms with Gasteiger partial charge in [0, 0.05) is 20.7 Å². The highest BCUT2D eigenvalue weighted by atomic mass is 32.1. The number of ether oxygens (including phenoxy) is 2. The molecular formula is C11H17NO3S. The SMILES string of the molecule is COCCOCC(=O)N(C)Cc1ccsc1. The molecule has 0 N–H and O–H groups in total. The molecule has 0 aromatic carbocycles. The van der Waals surface area contributed by atoms with Crippen LogP contribution in [0.2, 0.25) is 0 Å².